The Balaban J connectivity index is 1.81. The van der Waals surface area contributed by atoms with Gasteiger partial charge in [0.25, 0.3) is 5.91 Å². The molecule has 0 saturated heterocycles. The average Bonchev–Trinajstić information content (AvgIpc) is 2.84. The summed E-state index contributed by atoms with van der Waals surface area (Å²) in [5.41, 5.74) is 0.447. The molecular weight excluding hydrogens is 309 g/mol. The minimum atomic E-state index is -0.333. The number of nitrogens with one attached hydrogen (secondary N) is 1. The maximum absolute atomic E-state index is 13.5. The van der Waals surface area contributed by atoms with Crippen LogP contribution in [0.1, 0.15) is 15.2 Å². The van der Waals surface area contributed by atoms with Crippen molar-refractivity contribution >= 4 is 38.9 Å². The predicted octanol–water partition coefficient (Wildman–Crippen LogP) is 4.62. The zero-order valence-electron chi connectivity index (χ0n) is 10.9. The van der Waals surface area contributed by atoms with E-state index in [4.69, 9.17) is 11.6 Å². The molecule has 1 heterocycles. The average molecular weight is 320 g/mol. The number of benzene rings is 2. The van der Waals surface area contributed by atoms with Crippen molar-refractivity contribution < 1.29 is 9.18 Å². The third-order valence-electron chi connectivity index (χ3n) is 3.14. The quantitative estimate of drug-likeness (QED) is 0.749. The van der Waals surface area contributed by atoms with E-state index in [-0.39, 0.29) is 18.3 Å². The van der Waals surface area contributed by atoms with Gasteiger partial charge in [0.2, 0.25) is 0 Å². The number of fused-ring (bicyclic) bond motifs is 1. The van der Waals surface area contributed by atoms with Crippen LogP contribution in [0, 0.1) is 5.82 Å². The molecule has 0 fully saturated rings. The molecule has 0 aliphatic heterocycles. The van der Waals surface area contributed by atoms with Crippen molar-refractivity contribution in [2.75, 3.05) is 0 Å². The monoisotopic (exact) mass is 319 g/mol. The van der Waals surface area contributed by atoms with Crippen molar-refractivity contribution in [3.05, 3.63) is 69.8 Å². The third-order valence-corrected chi connectivity index (χ3v) is 4.81. The van der Waals surface area contributed by atoms with Crippen LogP contribution in [0.2, 0.25) is 5.02 Å². The molecule has 0 radical (unpaired) electrons. The molecule has 3 aromatic rings. The molecule has 0 aliphatic rings. The molecule has 1 N–H and O–H groups in total. The number of hydrogen-bond acceptors (Lipinski definition) is 2. The molecule has 106 valence electrons. The second kappa shape index (κ2) is 5.84. The first-order chi connectivity index (χ1) is 10.2. The van der Waals surface area contributed by atoms with Gasteiger partial charge in [-0.25, -0.2) is 4.39 Å². The predicted molar refractivity (Wildman–Crippen MR) is 84.4 cm³/mol. The standard InChI is InChI=1S/C16H11ClFNOS/c17-14-11-6-2-4-8-13(11)21-15(14)16(20)19-9-10-5-1-3-7-12(10)18/h1-8H,9H2,(H,19,20). The van der Waals surface area contributed by atoms with Crippen molar-refractivity contribution in [2.24, 2.45) is 0 Å². The van der Waals surface area contributed by atoms with Crippen molar-refractivity contribution in [3.63, 3.8) is 0 Å². The Morgan fingerprint density at radius 3 is 2.62 bits per heavy atom. The smallest absolute Gasteiger partial charge is 0.263 e. The van der Waals surface area contributed by atoms with Crippen LogP contribution in [0.25, 0.3) is 10.1 Å². The van der Waals surface area contributed by atoms with Crippen LogP contribution < -0.4 is 5.32 Å². The SMILES string of the molecule is O=C(NCc1ccccc1F)c1sc2ccccc2c1Cl. The highest BCUT2D eigenvalue weighted by Crippen LogP contribution is 2.34. The Labute approximate surface area is 130 Å². The van der Waals surface area contributed by atoms with Crippen molar-refractivity contribution in [1.29, 1.82) is 0 Å². The highest BCUT2D eigenvalue weighted by Gasteiger charge is 2.16. The van der Waals surface area contributed by atoms with Gasteiger partial charge in [-0.15, -0.1) is 11.3 Å². The minimum Gasteiger partial charge on any atom is -0.347 e. The maximum atomic E-state index is 13.5. The van der Waals surface area contributed by atoms with E-state index in [0.29, 0.717) is 15.5 Å². The number of amides is 1. The second-order valence-electron chi connectivity index (χ2n) is 4.52. The van der Waals surface area contributed by atoms with Gasteiger partial charge >= 0.3 is 0 Å². The first kappa shape index (κ1) is 14.0. The zero-order valence-corrected chi connectivity index (χ0v) is 12.5. The molecule has 3 rings (SSSR count). The van der Waals surface area contributed by atoms with E-state index in [0.717, 1.165) is 10.1 Å². The summed E-state index contributed by atoms with van der Waals surface area (Å²) in [7, 11) is 0. The summed E-state index contributed by atoms with van der Waals surface area (Å²) in [6, 6.07) is 13.9. The van der Waals surface area contributed by atoms with Gasteiger partial charge in [-0.05, 0) is 12.1 Å². The van der Waals surface area contributed by atoms with Crippen LogP contribution in [0.5, 0.6) is 0 Å². The van der Waals surface area contributed by atoms with E-state index in [1.54, 1.807) is 18.2 Å². The van der Waals surface area contributed by atoms with Gasteiger partial charge in [0.05, 0.1) is 5.02 Å². The summed E-state index contributed by atoms with van der Waals surface area (Å²) >= 11 is 7.57. The van der Waals surface area contributed by atoms with Crippen LogP contribution >= 0.6 is 22.9 Å². The number of carbonyl (C=O) groups excluding carboxylic acids is 1. The Morgan fingerprint density at radius 2 is 1.86 bits per heavy atom. The lowest BCUT2D eigenvalue weighted by Crippen LogP contribution is -2.22. The Bertz CT molecular complexity index is 815. The lowest BCUT2D eigenvalue weighted by molar-refractivity contribution is 0.0955. The highest BCUT2D eigenvalue weighted by atomic mass is 35.5. The number of rotatable bonds is 3. The molecule has 0 bridgehead atoms. The fourth-order valence-electron chi connectivity index (χ4n) is 2.06. The molecule has 5 heteroatoms. The normalized spacial score (nSPS) is 10.8. The first-order valence-electron chi connectivity index (χ1n) is 6.35. The number of thiophene rings is 1. The molecule has 2 nitrogen and oxygen atoms in total. The molecule has 0 atom stereocenters. The largest absolute Gasteiger partial charge is 0.347 e. The molecule has 0 spiro atoms. The molecular formula is C16H11ClFNOS. The number of halogens is 2. The topological polar surface area (TPSA) is 29.1 Å². The Hall–Kier alpha value is -1.91. The van der Waals surface area contributed by atoms with E-state index in [9.17, 15) is 9.18 Å². The third kappa shape index (κ3) is 2.77. The molecule has 21 heavy (non-hydrogen) atoms. The number of carbonyl (C=O) groups is 1. The Morgan fingerprint density at radius 1 is 1.14 bits per heavy atom. The first-order valence-corrected chi connectivity index (χ1v) is 7.55. The van der Waals surface area contributed by atoms with Crippen LogP contribution in [0.4, 0.5) is 4.39 Å². The lowest BCUT2D eigenvalue weighted by atomic mass is 10.2. The van der Waals surface area contributed by atoms with Gasteiger partial charge in [-0.3, -0.25) is 4.79 Å². The van der Waals surface area contributed by atoms with Crippen molar-refractivity contribution in [2.45, 2.75) is 6.54 Å². The van der Waals surface area contributed by atoms with E-state index < -0.39 is 0 Å². The van der Waals surface area contributed by atoms with Crippen molar-refractivity contribution in [1.82, 2.24) is 5.32 Å². The van der Waals surface area contributed by atoms with Gasteiger partial charge < -0.3 is 5.32 Å². The fraction of sp³-hybridized carbons (Fsp3) is 0.0625. The van der Waals surface area contributed by atoms with Gasteiger partial charge in [0, 0.05) is 22.2 Å². The van der Waals surface area contributed by atoms with Crippen molar-refractivity contribution in [3.8, 4) is 0 Å². The second-order valence-corrected chi connectivity index (χ2v) is 5.95. The van der Waals surface area contributed by atoms with E-state index >= 15 is 0 Å². The number of hydrogen-bond donors (Lipinski definition) is 1. The Kier molecular flexibility index (Phi) is 3.90. The van der Waals surface area contributed by atoms with Crippen LogP contribution in [-0.4, -0.2) is 5.91 Å². The summed E-state index contributed by atoms with van der Waals surface area (Å²) in [5, 5.41) is 4.01. The van der Waals surface area contributed by atoms with Crippen LogP contribution in [0.3, 0.4) is 0 Å². The van der Waals surface area contributed by atoms with Gasteiger partial charge in [0.15, 0.2) is 0 Å². The summed E-state index contributed by atoms with van der Waals surface area (Å²) in [6.07, 6.45) is 0. The maximum Gasteiger partial charge on any atom is 0.263 e. The lowest BCUT2D eigenvalue weighted by Gasteiger charge is -2.05. The zero-order chi connectivity index (χ0) is 14.8. The van der Waals surface area contributed by atoms with Gasteiger partial charge in [-0.1, -0.05) is 48.0 Å². The minimum absolute atomic E-state index is 0.135. The highest BCUT2D eigenvalue weighted by molar-refractivity contribution is 7.21. The molecule has 1 aromatic heterocycles. The molecule has 0 aliphatic carbocycles. The van der Waals surface area contributed by atoms with E-state index in [2.05, 4.69) is 5.32 Å². The van der Waals surface area contributed by atoms with E-state index in [1.165, 1.54) is 17.4 Å². The summed E-state index contributed by atoms with van der Waals surface area (Å²) in [4.78, 5) is 12.7. The van der Waals surface area contributed by atoms with Gasteiger partial charge in [-0.2, -0.15) is 0 Å². The molecule has 0 unspecified atom stereocenters. The van der Waals surface area contributed by atoms with Gasteiger partial charge in [0.1, 0.15) is 10.7 Å². The van der Waals surface area contributed by atoms with Crippen LogP contribution in [-0.2, 0) is 6.54 Å². The van der Waals surface area contributed by atoms with E-state index in [1.807, 2.05) is 24.3 Å². The summed E-state index contributed by atoms with van der Waals surface area (Å²) in [6.45, 7) is 0.135. The summed E-state index contributed by atoms with van der Waals surface area (Å²) in [5.74, 6) is -0.621. The molecule has 1 amide bonds. The molecule has 2 aromatic carbocycles. The fourth-order valence-corrected chi connectivity index (χ4v) is 3.49. The molecule has 0 saturated carbocycles. The van der Waals surface area contributed by atoms with Crippen LogP contribution in [0.15, 0.2) is 48.5 Å². The summed E-state index contributed by atoms with van der Waals surface area (Å²) < 4.78 is 14.5.